The Morgan fingerprint density at radius 1 is 1.50 bits per heavy atom. The molecule has 0 aliphatic carbocycles. The number of hydrogen-bond acceptors (Lipinski definition) is 3. The van der Waals surface area contributed by atoms with Crippen LogP contribution in [0, 0.1) is 0 Å². The topological polar surface area (TPSA) is 49.6 Å². The van der Waals surface area contributed by atoms with Crippen LogP contribution in [0.3, 0.4) is 0 Å². The minimum Gasteiger partial charge on any atom is -0.395 e. The maximum atomic E-state index is 8.88. The second-order valence-corrected chi connectivity index (χ2v) is 4.25. The number of fused-ring (bicyclic) bond motifs is 1. The predicted octanol–water partition coefficient (Wildman–Crippen LogP) is 1.46. The first-order chi connectivity index (χ1) is 7.69. The molecule has 5 heteroatoms. The number of pyridine rings is 1. The molecule has 0 amide bonds. The second-order valence-electron chi connectivity index (χ2n) is 3.81. The number of rotatable bonds is 4. The van der Waals surface area contributed by atoms with Gasteiger partial charge in [0.05, 0.1) is 17.3 Å². The van der Waals surface area contributed by atoms with E-state index in [1.54, 1.807) is 0 Å². The fourth-order valence-corrected chi connectivity index (χ4v) is 1.61. The lowest BCUT2D eigenvalue weighted by Gasteiger charge is -2.07. The van der Waals surface area contributed by atoms with E-state index in [2.05, 4.69) is 10.3 Å². The largest absolute Gasteiger partial charge is 0.395 e. The molecule has 0 saturated carbocycles. The van der Waals surface area contributed by atoms with E-state index in [0.717, 1.165) is 11.3 Å². The third-order valence-electron chi connectivity index (χ3n) is 2.37. The van der Waals surface area contributed by atoms with Crippen LogP contribution >= 0.6 is 11.6 Å². The zero-order chi connectivity index (χ0) is 11.5. The highest BCUT2D eigenvalue weighted by Gasteiger charge is 2.03. The van der Waals surface area contributed by atoms with E-state index in [9.17, 15) is 0 Å². The molecular formula is C11H14ClN3O. The van der Waals surface area contributed by atoms with Gasteiger partial charge >= 0.3 is 0 Å². The van der Waals surface area contributed by atoms with Crippen LogP contribution in [0.2, 0.25) is 5.02 Å². The lowest BCUT2D eigenvalue weighted by molar-refractivity contribution is 0.250. The molecule has 0 bridgehead atoms. The molecule has 86 valence electrons. The van der Waals surface area contributed by atoms with Crippen molar-refractivity contribution in [2.24, 2.45) is 0 Å². The van der Waals surface area contributed by atoms with Crippen molar-refractivity contribution in [2.75, 3.05) is 6.61 Å². The molecule has 0 aliphatic heterocycles. The van der Waals surface area contributed by atoms with Crippen molar-refractivity contribution in [2.45, 2.75) is 19.5 Å². The van der Waals surface area contributed by atoms with Gasteiger partial charge in [0.25, 0.3) is 0 Å². The van der Waals surface area contributed by atoms with E-state index < -0.39 is 0 Å². The third-order valence-corrected chi connectivity index (χ3v) is 2.59. The normalized spacial score (nSPS) is 13.2. The number of aromatic nitrogens is 2. The zero-order valence-electron chi connectivity index (χ0n) is 9.02. The summed E-state index contributed by atoms with van der Waals surface area (Å²) in [6.45, 7) is 2.69. The van der Waals surface area contributed by atoms with E-state index >= 15 is 0 Å². The van der Waals surface area contributed by atoms with Gasteiger partial charge in [0.15, 0.2) is 0 Å². The summed E-state index contributed by atoms with van der Waals surface area (Å²) >= 11 is 5.88. The Labute approximate surface area is 98.9 Å². The van der Waals surface area contributed by atoms with Crippen LogP contribution in [0.1, 0.15) is 12.6 Å². The summed E-state index contributed by atoms with van der Waals surface area (Å²) in [5.41, 5.74) is 1.81. The molecular weight excluding hydrogens is 226 g/mol. The van der Waals surface area contributed by atoms with E-state index in [0.29, 0.717) is 11.6 Å². The van der Waals surface area contributed by atoms with Gasteiger partial charge in [0, 0.05) is 25.0 Å². The minimum atomic E-state index is 0.0772. The first-order valence-corrected chi connectivity index (χ1v) is 5.54. The van der Waals surface area contributed by atoms with Gasteiger partial charge in [-0.15, -0.1) is 0 Å². The smallest absolute Gasteiger partial charge is 0.137 e. The molecule has 0 spiro atoms. The molecule has 0 fully saturated rings. The molecule has 0 saturated heterocycles. The van der Waals surface area contributed by atoms with Crippen LogP contribution in [0.5, 0.6) is 0 Å². The summed E-state index contributed by atoms with van der Waals surface area (Å²) in [6.07, 6.45) is 3.75. The molecule has 4 nitrogen and oxygen atoms in total. The van der Waals surface area contributed by atoms with E-state index in [-0.39, 0.29) is 12.6 Å². The molecule has 1 unspecified atom stereocenters. The average Bonchev–Trinajstić information content (AvgIpc) is 2.67. The van der Waals surface area contributed by atoms with Gasteiger partial charge in [0.2, 0.25) is 0 Å². The molecule has 2 aromatic heterocycles. The Bertz CT molecular complexity index is 483. The highest BCUT2D eigenvalue weighted by molar-refractivity contribution is 6.30. The van der Waals surface area contributed by atoms with Crippen LogP contribution in [0.25, 0.3) is 5.65 Å². The van der Waals surface area contributed by atoms with Gasteiger partial charge in [-0.05, 0) is 19.1 Å². The number of aliphatic hydroxyl groups is 1. The second kappa shape index (κ2) is 4.82. The molecule has 1 atom stereocenters. The lowest BCUT2D eigenvalue weighted by atomic mass is 10.3. The number of imidazole rings is 1. The van der Waals surface area contributed by atoms with Gasteiger partial charge in [-0.3, -0.25) is 0 Å². The SMILES string of the molecule is CC(CO)NCc1cn2cc(Cl)ccc2n1. The Kier molecular flexibility index (Phi) is 3.43. The molecule has 2 heterocycles. The maximum Gasteiger partial charge on any atom is 0.137 e. The molecule has 0 radical (unpaired) electrons. The quantitative estimate of drug-likeness (QED) is 0.849. The van der Waals surface area contributed by atoms with Crippen LogP contribution < -0.4 is 5.32 Å². The van der Waals surface area contributed by atoms with Gasteiger partial charge in [-0.2, -0.15) is 0 Å². The summed E-state index contributed by atoms with van der Waals surface area (Å²) in [4.78, 5) is 4.42. The van der Waals surface area contributed by atoms with Crippen LogP contribution in [0.15, 0.2) is 24.5 Å². The van der Waals surface area contributed by atoms with Crippen molar-refractivity contribution in [1.29, 1.82) is 0 Å². The highest BCUT2D eigenvalue weighted by Crippen LogP contribution is 2.11. The van der Waals surface area contributed by atoms with Crippen molar-refractivity contribution < 1.29 is 5.11 Å². The number of nitrogens with zero attached hydrogens (tertiary/aromatic N) is 2. The first kappa shape index (κ1) is 11.4. The molecule has 16 heavy (non-hydrogen) atoms. The molecule has 0 aliphatic rings. The Morgan fingerprint density at radius 2 is 2.31 bits per heavy atom. The first-order valence-electron chi connectivity index (χ1n) is 5.16. The maximum absolute atomic E-state index is 8.88. The molecule has 2 rings (SSSR count). The molecule has 0 aromatic carbocycles. The monoisotopic (exact) mass is 239 g/mol. The summed E-state index contributed by atoms with van der Waals surface area (Å²) in [5, 5.41) is 12.7. The van der Waals surface area contributed by atoms with Gasteiger partial charge in [-0.1, -0.05) is 11.6 Å². The predicted molar refractivity (Wildman–Crippen MR) is 63.6 cm³/mol. The Hall–Kier alpha value is -1.10. The molecule has 2 aromatic rings. The van der Waals surface area contributed by atoms with Crippen LogP contribution in [0.4, 0.5) is 0 Å². The standard InChI is InChI=1S/C11H14ClN3O/c1-8(7-16)13-4-10-6-15-5-9(12)2-3-11(15)14-10/h2-3,5-6,8,13,16H,4,7H2,1H3. The number of nitrogens with one attached hydrogen (secondary N) is 1. The average molecular weight is 240 g/mol. The number of aliphatic hydroxyl groups excluding tert-OH is 1. The van der Waals surface area contributed by atoms with Crippen LogP contribution in [-0.2, 0) is 6.54 Å². The highest BCUT2D eigenvalue weighted by atomic mass is 35.5. The van der Waals surface area contributed by atoms with E-state index in [4.69, 9.17) is 16.7 Å². The van der Waals surface area contributed by atoms with Crippen molar-refractivity contribution in [3.63, 3.8) is 0 Å². The zero-order valence-corrected chi connectivity index (χ0v) is 9.78. The fourth-order valence-electron chi connectivity index (χ4n) is 1.45. The summed E-state index contributed by atoms with van der Waals surface area (Å²) < 4.78 is 1.89. The van der Waals surface area contributed by atoms with Crippen molar-refractivity contribution in [1.82, 2.24) is 14.7 Å². The van der Waals surface area contributed by atoms with Crippen molar-refractivity contribution in [3.05, 3.63) is 35.2 Å². The van der Waals surface area contributed by atoms with Crippen LogP contribution in [-0.4, -0.2) is 27.1 Å². The van der Waals surface area contributed by atoms with Gasteiger partial charge in [0.1, 0.15) is 5.65 Å². The Balaban J connectivity index is 2.13. The van der Waals surface area contributed by atoms with E-state index in [1.165, 1.54) is 0 Å². The van der Waals surface area contributed by atoms with Crippen molar-refractivity contribution in [3.8, 4) is 0 Å². The van der Waals surface area contributed by atoms with E-state index in [1.807, 2.05) is 35.9 Å². The summed E-state index contributed by atoms with van der Waals surface area (Å²) in [6, 6.07) is 3.77. The van der Waals surface area contributed by atoms with Gasteiger partial charge < -0.3 is 14.8 Å². The summed E-state index contributed by atoms with van der Waals surface area (Å²) in [7, 11) is 0. The fraction of sp³-hybridized carbons (Fsp3) is 0.364. The third kappa shape index (κ3) is 2.52. The lowest BCUT2D eigenvalue weighted by Crippen LogP contribution is -2.28. The molecule has 2 N–H and O–H groups in total. The Morgan fingerprint density at radius 3 is 3.06 bits per heavy atom. The van der Waals surface area contributed by atoms with Crippen molar-refractivity contribution >= 4 is 17.2 Å². The number of hydrogen-bond donors (Lipinski definition) is 2. The van der Waals surface area contributed by atoms with Gasteiger partial charge in [-0.25, -0.2) is 4.98 Å². The summed E-state index contributed by atoms with van der Waals surface area (Å²) in [5.74, 6) is 0. The minimum absolute atomic E-state index is 0.0772. The number of halogens is 1.